The predicted octanol–water partition coefficient (Wildman–Crippen LogP) is 4.63. The van der Waals surface area contributed by atoms with E-state index in [1.165, 1.54) is 11.6 Å². The molecule has 2 rings (SSSR count). The highest BCUT2D eigenvalue weighted by molar-refractivity contribution is 5.89. The third kappa shape index (κ3) is 7.39. The first-order chi connectivity index (χ1) is 13.3. The van der Waals surface area contributed by atoms with Crippen LogP contribution in [0.5, 0.6) is 0 Å². The third-order valence-electron chi connectivity index (χ3n) is 4.34. The second-order valence-corrected chi connectivity index (χ2v) is 7.48. The van der Waals surface area contributed by atoms with E-state index in [4.69, 9.17) is 4.74 Å². The topological polar surface area (TPSA) is 55.4 Å². The molecule has 0 saturated carbocycles. The molecule has 1 atom stereocenters. The fourth-order valence-corrected chi connectivity index (χ4v) is 2.81. The van der Waals surface area contributed by atoms with Crippen LogP contribution in [0.3, 0.4) is 0 Å². The molecule has 2 aromatic rings. The largest absolute Gasteiger partial charge is 0.452 e. The Morgan fingerprint density at radius 1 is 1.00 bits per heavy atom. The molecule has 2 aromatic carbocycles. The summed E-state index contributed by atoms with van der Waals surface area (Å²) in [6.07, 6.45) is 4.03. The van der Waals surface area contributed by atoms with Crippen LogP contribution in [0.25, 0.3) is 6.08 Å². The van der Waals surface area contributed by atoms with Gasteiger partial charge in [-0.3, -0.25) is 4.79 Å². The van der Waals surface area contributed by atoms with Crippen molar-refractivity contribution in [3.8, 4) is 0 Å². The number of esters is 1. The number of benzene rings is 2. The molecular weight excluding hydrogens is 350 g/mol. The maximum absolute atomic E-state index is 12.0. The zero-order valence-corrected chi connectivity index (χ0v) is 17.1. The lowest BCUT2D eigenvalue weighted by Crippen LogP contribution is -2.30. The van der Waals surface area contributed by atoms with Crippen LogP contribution in [0.4, 0.5) is 0 Å². The van der Waals surface area contributed by atoms with Crippen LogP contribution < -0.4 is 5.32 Å². The molecular formula is C24H29NO3. The van der Waals surface area contributed by atoms with Gasteiger partial charge >= 0.3 is 5.97 Å². The predicted molar refractivity (Wildman–Crippen MR) is 113 cm³/mol. The Hall–Kier alpha value is -2.88. The van der Waals surface area contributed by atoms with Crippen molar-refractivity contribution in [1.29, 1.82) is 0 Å². The van der Waals surface area contributed by atoms with Crippen molar-refractivity contribution in [2.75, 3.05) is 6.61 Å². The molecule has 4 heteroatoms. The van der Waals surface area contributed by atoms with Crippen LogP contribution in [0, 0.1) is 12.8 Å². The van der Waals surface area contributed by atoms with E-state index in [0.29, 0.717) is 5.92 Å². The molecule has 28 heavy (non-hydrogen) atoms. The van der Waals surface area contributed by atoms with Crippen LogP contribution in [-0.4, -0.2) is 18.5 Å². The van der Waals surface area contributed by atoms with Gasteiger partial charge in [-0.25, -0.2) is 4.79 Å². The van der Waals surface area contributed by atoms with Gasteiger partial charge in [0.05, 0.1) is 6.04 Å². The number of carbonyl (C=O) groups excluding carboxylic acids is 2. The van der Waals surface area contributed by atoms with E-state index in [-0.39, 0.29) is 18.6 Å². The van der Waals surface area contributed by atoms with Crippen LogP contribution in [-0.2, 0) is 20.7 Å². The summed E-state index contributed by atoms with van der Waals surface area (Å²) in [7, 11) is 0. The summed E-state index contributed by atoms with van der Waals surface area (Å²) in [5, 5.41) is 2.85. The van der Waals surface area contributed by atoms with Crippen LogP contribution in [0.2, 0.25) is 0 Å². The molecule has 0 aromatic heterocycles. The second-order valence-electron chi connectivity index (χ2n) is 7.48. The number of hydrogen-bond donors (Lipinski definition) is 1. The summed E-state index contributed by atoms with van der Waals surface area (Å²) in [5.41, 5.74) is 4.36. The van der Waals surface area contributed by atoms with Crippen molar-refractivity contribution < 1.29 is 14.3 Å². The van der Waals surface area contributed by atoms with Gasteiger partial charge in [-0.1, -0.05) is 67.9 Å². The summed E-state index contributed by atoms with van der Waals surface area (Å²) in [6, 6.07) is 15.9. The van der Waals surface area contributed by atoms with Gasteiger partial charge in [-0.15, -0.1) is 0 Å². The van der Waals surface area contributed by atoms with Crippen LogP contribution >= 0.6 is 0 Å². The van der Waals surface area contributed by atoms with E-state index in [2.05, 4.69) is 31.3 Å². The molecule has 4 nitrogen and oxygen atoms in total. The monoisotopic (exact) mass is 379 g/mol. The van der Waals surface area contributed by atoms with Crippen molar-refractivity contribution in [2.24, 2.45) is 5.92 Å². The number of nitrogens with one attached hydrogen (secondary N) is 1. The van der Waals surface area contributed by atoms with Gasteiger partial charge in [0.1, 0.15) is 0 Å². The summed E-state index contributed by atoms with van der Waals surface area (Å²) >= 11 is 0. The first-order valence-corrected chi connectivity index (χ1v) is 9.63. The molecule has 0 saturated heterocycles. The molecule has 0 aliphatic rings. The maximum Gasteiger partial charge on any atom is 0.331 e. The first kappa shape index (κ1) is 21.4. The van der Waals surface area contributed by atoms with Crippen molar-refractivity contribution in [1.82, 2.24) is 5.32 Å². The Labute approximate surface area is 167 Å². The smallest absolute Gasteiger partial charge is 0.331 e. The summed E-state index contributed by atoms with van der Waals surface area (Å²) in [5.74, 6) is -0.255. The van der Waals surface area contributed by atoms with Gasteiger partial charge in [-0.2, -0.15) is 0 Å². The van der Waals surface area contributed by atoms with E-state index in [1.807, 2.05) is 50.2 Å². The Bertz CT molecular complexity index is 805. The van der Waals surface area contributed by atoms with E-state index in [0.717, 1.165) is 23.1 Å². The van der Waals surface area contributed by atoms with E-state index in [9.17, 15) is 9.59 Å². The molecule has 1 N–H and O–H groups in total. The summed E-state index contributed by atoms with van der Waals surface area (Å²) in [4.78, 5) is 23.8. The highest BCUT2D eigenvalue weighted by Crippen LogP contribution is 2.15. The van der Waals surface area contributed by atoms with E-state index < -0.39 is 5.97 Å². The molecule has 1 amide bonds. The Morgan fingerprint density at radius 3 is 2.25 bits per heavy atom. The highest BCUT2D eigenvalue weighted by atomic mass is 16.5. The summed E-state index contributed by atoms with van der Waals surface area (Å²) < 4.78 is 5.01. The number of amides is 1. The molecule has 0 unspecified atom stereocenters. The number of rotatable bonds is 8. The van der Waals surface area contributed by atoms with Gasteiger partial charge < -0.3 is 10.1 Å². The second kappa shape index (κ2) is 10.5. The Kier molecular flexibility index (Phi) is 8.00. The summed E-state index contributed by atoms with van der Waals surface area (Å²) in [6.45, 7) is 7.99. The Balaban J connectivity index is 1.78. The fraction of sp³-hybridized carbons (Fsp3) is 0.333. The minimum absolute atomic E-state index is 0.151. The minimum atomic E-state index is -0.540. The number of aryl methyl sites for hydroxylation is 1. The van der Waals surface area contributed by atoms with Gasteiger partial charge in [-0.05, 0) is 49.0 Å². The molecule has 0 bridgehead atoms. The number of hydrogen-bond acceptors (Lipinski definition) is 3. The number of ether oxygens (including phenoxy) is 1. The van der Waals surface area contributed by atoms with Crippen LogP contribution in [0.1, 0.15) is 49.1 Å². The lowest BCUT2D eigenvalue weighted by molar-refractivity contribution is -0.144. The Morgan fingerprint density at radius 2 is 1.64 bits per heavy atom. The maximum atomic E-state index is 12.0. The fourth-order valence-electron chi connectivity index (χ4n) is 2.81. The van der Waals surface area contributed by atoms with Gasteiger partial charge in [0.25, 0.3) is 5.91 Å². The standard InChI is InChI=1S/C24H29NO3/c1-17(2)15-21-9-12-22(13-10-21)19(4)25-23(26)16-28-24(27)14-11-20-7-5-18(3)6-8-20/h5-14,17,19H,15-16H2,1-4H3,(H,25,26)/b14-11+/t19-/m1/s1. The van der Waals surface area contributed by atoms with Crippen molar-refractivity contribution in [3.63, 3.8) is 0 Å². The van der Waals surface area contributed by atoms with Crippen molar-refractivity contribution in [2.45, 2.75) is 40.2 Å². The average molecular weight is 380 g/mol. The van der Waals surface area contributed by atoms with E-state index in [1.54, 1.807) is 6.08 Å². The lowest BCUT2D eigenvalue weighted by atomic mass is 10.00. The molecule has 0 aliphatic heterocycles. The quantitative estimate of drug-likeness (QED) is 0.537. The lowest BCUT2D eigenvalue weighted by Gasteiger charge is -2.15. The number of carbonyl (C=O) groups is 2. The minimum Gasteiger partial charge on any atom is -0.452 e. The van der Waals surface area contributed by atoms with Crippen LogP contribution in [0.15, 0.2) is 54.6 Å². The van der Waals surface area contributed by atoms with E-state index >= 15 is 0 Å². The zero-order valence-electron chi connectivity index (χ0n) is 17.1. The average Bonchev–Trinajstić information content (AvgIpc) is 2.66. The molecule has 0 aliphatic carbocycles. The molecule has 0 heterocycles. The molecule has 148 valence electrons. The third-order valence-corrected chi connectivity index (χ3v) is 4.34. The molecule has 0 radical (unpaired) electrons. The SMILES string of the molecule is Cc1ccc(/C=C/C(=O)OCC(=O)N[C@H](C)c2ccc(CC(C)C)cc2)cc1. The zero-order chi connectivity index (χ0) is 20.5. The van der Waals surface area contributed by atoms with Gasteiger partial charge in [0.2, 0.25) is 0 Å². The van der Waals surface area contributed by atoms with Crippen molar-refractivity contribution >= 4 is 18.0 Å². The van der Waals surface area contributed by atoms with Gasteiger partial charge in [0.15, 0.2) is 6.61 Å². The normalized spacial score (nSPS) is 12.2. The van der Waals surface area contributed by atoms with Crippen molar-refractivity contribution in [3.05, 3.63) is 76.9 Å². The van der Waals surface area contributed by atoms with Gasteiger partial charge in [0, 0.05) is 6.08 Å². The molecule has 0 spiro atoms. The highest BCUT2D eigenvalue weighted by Gasteiger charge is 2.11. The molecule has 0 fully saturated rings. The first-order valence-electron chi connectivity index (χ1n) is 9.63.